The van der Waals surface area contributed by atoms with E-state index in [0.717, 1.165) is 19.5 Å². The van der Waals surface area contributed by atoms with Crippen molar-refractivity contribution < 1.29 is 23.4 Å². The number of carbonyl (C=O) groups is 1. The molecule has 2 fully saturated rings. The summed E-state index contributed by atoms with van der Waals surface area (Å²) in [5.74, 6) is -1.06. The van der Waals surface area contributed by atoms with Crippen molar-refractivity contribution in [1.82, 2.24) is 24.8 Å². The summed E-state index contributed by atoms with van der Waals surface area (Å²) < 4.78 is 37.0. The van der Waals surface area contributed by atoms with Gasteiger partial charge < -0.3 is 19.6 Å². The van der Waals surface area contributed by atoms with Crippen LogP contribution in [0, 0.1) is 23.0 Å². The SMILES string of the molecule is CCN1CC[C@@H]1COc1nc(N2CCN(C(=O)O)[C@@H](CC#N)C2)c2cnc(-c3cccc4ccc(F)c(Cl)c34)c(F)c2n1. The highest BCUT2D eigenvalue weighted by Gasteiger charge is 2.33. The molecule has 2 saturated heterocycles. The summed E-state index contributed by atoms with van der Waals surface area (Å²) in [5, 5.41) is 20.1. The van der Waals surface area contributed by atoms with Crippen LogP contribution in [0.4, 0.5) is 19.4 Å². The maximum absolute atomic E-state index is 16.5. The van der Waals surface area contributed by atoms with Crippen molar-refractivity contribution in [2.75, 3.05) is 44.2 Å². The fourth-order valence-electron chi connectivity index (χ4n) is 5.87. The largest absolute Gasteiger partial charge is 0.465 e. The number of hydrogen-bond acceptors (Lipinski definition) is 8. The molecular weight excluding hydrogens is 580 g/mol. The van der Waals surface area contributed by atoms with Gasteiger partial charge in [-0.2, -0.15) is 15.2 Å². The summed E-state index contributed by atoms with van der Waals surface area (Å²) in [5.41, 5.74) is 0.199. The summed E-state index contributed by atoms with van der Waals surface area (Å²) in [6.45, 7) is 4.79. The minimum absolute atomic E-state index is 0.0150. The minimum atomic E-state index is -1.11. The topological polar surface area (TPSA) is 119 Å². The molecule has 4 heterocycles. The average molecular weight is 608 g/mol. The fraction of sp³-hybridized carbons (Fsp3) is 0.367. The number of fused-ring (bicyclic) bond motifs is 2. The minimum Gasteiger partial charge on any atom is -0.465 e. The van der Waals surface area contributed by atoms with Crippen LogP contribution >= 0.6 is 11.6 Å². The molecule has 6 rings (SSSR count). The third-order valence-electron chi connectivity index (χ3n) is 8.27. The number of amides is 1. The molecule has 1 N–H and O–H groups in total. The van der Waals surface area contributed by atoms with Gasteiger partial charge in [-0.05, 0) is 24.4 Å². The molecular formula is C30H28ClF2N7O3. The van der Waals surface area contributed by atoms with E-state index in [1.54, 1.807) is 24.3 Å². The molecule has 43 heavy (non-hydrogen) atoms. The zero-order chi connectivity index (χ0) is 30.2. The van der Waals surface area contributed by atoms with Crippen LogP contribution in [0.2, 0.25) is 5.02 Å². The zero-order valence-corrected chi connectivity index (χ0v) is 24.1. The van der Waals surface area contributed by atoms with Crippen LogP contribution in [0.5, 0.6) is 6.01 Å². The van der Waals surface area contributed by atoms with E-state index in [4.69, 9.17) is 16.3 Å². The Bertz CT molecular complexity index is 1770. The van der Waals surface area contributed by atoms with Gasteiger partial charge in [0.1, 0.15) is 29.5 Å². The molecule has 13 heteroatoms. The van der Waals surface area contributed by atoms with Gasteiger partial charge in [0.2, 0.25) is 0 Å². The Balaban J connectivity index is 1.47. The Hall–Kier alpha value is -4.34. The van der Waals surface area contributed by atoms with Gasteiger partial charge in [0.05, 0.1) is 28.9 Å². The maximum Gasteiger partial charge on any atom is 0.407 e. The van der Waals surface area contributed by atoms with Crippen molar-refractivity contribution in [2.24, 2.45) is 0 Å². The number of halogens is 3. The smallest absolute Gasteiger partial charge is 0.407 e. The van der Waals surface area contributed by atoms with Gasteiger partial charge in [-0.15, -0.1) is 0 Å². The van der Waals surface area contributed by atoms with E-state index in [1.165, 1.54) is 17.2 Å². The van der Waals surface area contributed by atoms with Crippen molar-refractivity contribution in [3.63, 3.8) is 0 Å². The van der Waals surface area contributed by atoms with Gasteiger partial charge >= 0.3 is 12.1 Å². The first-order chi connectivity index (χ1) is 20.8. The molecule has 2 aliphatic rings. The summed E-state index contributed by atoms with van der Waals surface area (Å²) in [4.78, 5) is 30.6. The third kappa shape index (κ3) is 5.23. The van der Waals surface area contributed by atoms with Crippen molar-refractivity contribution in [3.8, 4) is 23.3 Å². The second-order valence-electron chi connectivity index (χ2n) is 10.6. The van der Waals surface area contributed by atoms with Gasteiger partial charge in [-0.25, -0.2) is 13.6 Å². The molecule has 2 aromatic carbocycles. The van der Waals surface area contributed by atoms with Crippen LogP contribution in [0.15, 0.2) is 36.5 Å². The van der Waals surface area contributed by atoms with E-state index in [9.17, 15) is 19.6 Å². The second-order valence-corrected chi connectivity index (χ2v) is 11.0. The van der Waals surface area contributed by atoms with Gasteiger partial charge in [-0.1, -0.05) is 42.8 Å². The highest BCUT2D eigenvalue weighted by atomic mass is 35.5. The maximum atomic E-state index is 16.5. The van der Waals surface area contributed by atoms with Crippen molar-refractivity contribution in [2.45, 2.75) is 31.8 Å². The van der Waals surface area contributed by atoms with Crippen LogP contribution in [-0.2, 0) is 0 Å². The van der Waals surface area contributed by atoms with Gasteiger partial charge in [0, 0.05) is 49.4 Å². The molecule has 2 aliphatic heterocycles. The number of likely N-dealkylation sites (tertiary alicyclic amines) is 1. The lowest BCUT2D eigenvalue weighted by Gasteiger charge is -2.40. The van der Waals surface area contributed by atoms with Gasteiger partial charge in [0.15, 0.2) is 5.82 Å². The number of rotatable bonds is 7. The number of nitriles is 1. The van der Waals surface area contributed by atoms with Crippen LogP contribution in [0.3, 0.4) is 0 Å². The zero-order valence-electron chi connectivity index (χ0n) is 23.3. The number of nitrogens with zero attached hydrogens (tertiary/aromatic N) is 7. The molecule has 2 atom stereocenters. The predicted octanol–water partition coefficient (Wildman–Crippen LogP) is 5.33. The quantitative estimate of drug-likeness (QED) is 0.297. The molecule has 222 valence electrons. The number of piperazine rings is 1. The molecule has 0 saturated carbocycles. The van der Waals surface area contributed by atoms with E-state index in [1.807, 2.05) is 4.90 Å². The highest BCUT2D eigenvalue weighted by molar-refractivity contribution is 6.36. The Morgan fingerprint density at radius 3 is 2.74 bits per heavy atom. The fourth-order valence-corrected chi connectivity index (χ4v) is 6.15. The molecule has 1 amide bonds. The number of anilines is 1. The van der Waals surface area contributed by atoms with Crippen molar-refractivity contribution >= 4 is 45.2 Å². The summed E-state index contributed by atoms with van der Waals surface area (Å²) in [6.07, 6.45) is 1.29. The molecule has 10 nitrogen and oxygen atoms in total. The van der Waals surface area contributed by atoms with E-state index < -0.39 is 23.8 Å². The molecule has 0 bridgehead atoms. The standard InChI is InChI=1S/C30H28ClF2N7O3/c1-2-38-11-9-19(38)16-43-29-36-27-21(28(37-29)39-12-13-40(30(41)42)18(15-39)8-10-34)14-35-26(25(27)33)20-5-3-4-17-6-7-22(32)24(31)23(17)20/h3-7,14,18-19H,2,8-9,11-13,15-16H2,1H3,(H,41,42)/t18-,19+/m0/s1. The first-order valence-corrected chi connectivity index (χ1v) is 14.4. The first-order valence-electron chi connectivity index (χ1n) is 14.0. The lowest BCUT2D eigenvalue weighted by Crippen LogP contribution is -2.55. The van der Waals surface area contributed by atoms with Crippen LogP contribution < -0.4 is 9.64 Å². The molecule has 0 unspecified atom stereocenters. The molecule has 0 radical (unpaired) electrons. The van der Waals surface area contributed by atoms with E-state index in [-0.39, 0.29) is 54.3 Å². The number of hydrogen-bond donors (Lipinski definition) is 1. The Kier molecular flexibility index (Phi) is 7.85. The van der Waals surface area contributed by atoms with Crippen molar-refractivity contribution in [3.05, 3.63) is 53.2 Å². The summed E-state index contributed by atoms with van der Waals surface area (Å²) in [7, 11) is 0. The van der Waals surface area contributed by atoms with E-state index in [0.29, 0.717) is 34.1 Å². The Morgan fingerprint density at radius 2 is 2.02 bits per heavy atom. The molecule has 2 aromatic heterocycles. The predicted molar refractivity (Wildman–Crippen MR) is 157 cm³/mol. The molecule has 4 aromatic rings. The van der Waals surface area contributed by atoms with Gasteiger partial charge in [0.25, 0.3) is 0 Å². The summed E-state index contributed by atoms with van der Waals surface area (Å²) >= 11 is 6.34. The third-order valence-corrected chi connectivity index (χ3v) is 8.64. The van der Waals surface area contributed by atoms with Gasteiger partial charge in [-0.3, -0.25) is 9.88 Å². The number of carboxylic acid groups (broad SMARTS) is 1. The van der Waals surface area contributed by atoms with E-state index in [2.05, 4.69) is 32.8 Å². The number of pyridine rings is 1. The first kappa shape index (κ1) is 28.8. The Labute approximate surface area is 251 Å². The normalized spacial score (nSPS) is 19.0. The second kappa shape index (κ2) is 11.7. The lowest BCUT2D eigenvalue weighted by molar-refractivity contribution is 0.0530. The summed E-state index contributed by atoms with van der Waals surface area (Å²) in [6, 6.07) is 9.53. The number of benzene rings is 2. The number of ether oxygens (including phenoxy) is 1. The van der Waals surface area contributed by atoms with Crippen LogP contribution in [0.1, 0.15) is 19.8 Å². The monoisotopic (exact) mass is 607 g/mol. The van der Waals surface area contributed by atoms with Crippen molar-refractivity contribution in [1.29, 1.82) is 5.26 Å². The van der Waals surface area contributed by atoms with Crippen LogP contribution in [0.25, 0.3) is 32.9 Å². The Morgan fingerprint density at radius 1 is 1.19 bits per heavy atom. The number of aromatic nitrogens is 3. The molecule has 0 aliphatic carbocycles. The highest BCUT2D eigenvalue weighted by Crippen LogP contribution is 2.38. The average Bonchev–Trinajstić information content (AvgIpc) is 2.99. The number of likely N-dealkylation sites (N-methyl/N-ethyl adjacent to an activating group) is 1. The lowest BCUT2D eigenvalue weighted by atomic mass is 10.0. The molecule has 0 spiro atoms. The van der Waals surface area contributed by atoms with E-state index >= 15 is 4.39 Å². The van der Waals surface area contributed by atoms with Crippen LogP contribution in [-0.4, -0.2) is 87.4 Å².